The second-order valence-electron chi connectivity index (χ2n) is 11.0. The minimum atomic E-state index is -2.22. The summed E-state index contributed by atoms with van der Waals surface area (Å²) in [6.07, 6.45) is -1.94. The first kappa shape index (κ1) is 25.7. The molecule has 0 saturated heterocycles. The number of ketones is 1. The topological polar surface area (TPSA) is 80.7 Å². The number of rotatable bonds is 4. The average Bonchev–Trinajstić information content (AvgIpc) is 2.99. The van der Waals surface area contributed by atoms with Gasteiger partial charge < -0.3 is 9.84 Å². The number of allylic oxidation sites excluding steroid dienone is 1. The molecule has 1 N–H and O–H groups in total. The Kier molecular flexibility index (Phi) is 6.32. The molecule has 0 aromatic heterocycles. The molecule has 0 radical (unpaired) electrons. The van der Waals surface area contributed by atoms with Crippen LogP contribution in [0.15, 0.2) is 11.6 Å². The van der Waals surface area contributed by atoms with Gasteiger partial charge in [0.15, 0.2) is 11.4 Å². The SMILES string of the molecule is CCC(=O)OC1(C(=O)SCF)C(C)CC2C3CC(F)C4=CC(=O)CCC4(C)C3(F)C(O)CC21C. The Labute approximate surface area is 202 Å². The van der Waals surface area contributed by atoms with Crippen molar-refractivity contribution in [3.8, 4) is 0 Å². The van der Waals surface area contributed by atoms with Crippen molar-refractivity contribution < 1.29 is 37.4 Å². The number of halogens is 3. The van der Waals surface area contributed by atoms with Crippen molar-refractivity contribution in [1.29, 1.82) is 0 Å². The number of hydrogen-bond donors (Lipinski definition) is 1. The molecule has 0 aromatic carbocycles. The third-order valence-electron chi connectivity index (χ3n) is 9.62. The monoisotopic (exact) mass is 502 g/mol. The number of hydrogen-bond acceptors (Lipinski definition) is 6. The number of carbonyl (C=O) groups is 3. The Hall–Kier alpha value is -1.35. The largest absolute Gasteiger partial charge is 0.449 e. The van der Waals surface area contributed by atoms with E-state index >= 15 is 8.78 Å². The molecule has 5 nitrogen and oxygen atoms in total. The second-order valence-corrected chi connectivity index (χ2v) is 11.8. The molecule has 4 aliphatic rings. The lowest BCUT2D eigenvalue weighted by Gasteiger charge is -2.64. The van der Waals surface area contributed by atoms with Crippen molar-refractivity contribution in [3.05, 3.63) is 11.6 Å². The van der Waals surface area contributed by atoms with Crippen molar-refractivity contribution >= 4 is 28.6 Å². The maximum absolute atomic E-state index is 17.3. The van der Waals surface area contributed by atoms with Gasteiger partial charge in [0.05, 0.1) is 6.10 Å². The summed E-state index contributed by atoms with van der Waals surface area (Å²) in [6, 6.07) is -1.01. The summed E-state index contributed by atoms with van der Waals surface area (Å²) in [6.45, 7) is 6.58. The van der Waals surface area contributed by atoms with Gasteiger partial charge in [-0.1, -0.05) is 27.7 Å². The lowest BCUT2D eigenvalue weighted by Crippen LogP contribution is -2.71. The first-order valence-electron chi connectivity index (χ1n) is 12.0. The third-order valence-corrected chi connectivity index (χ3v) is 10.3. The van der Waals surface area contributed by atoms with Gasteiger partial charge in [-0.3, -0.25) is 14.4 Å². The molecule has 9 unspecified atom stereocenters. The van der Waals surface area contributed by atoms with E-state index in [1.165, 1.54) is 6.08 Å². The van der Waals surface area contributed by atoms with Crippen LogP contribution in [0.1, 0.15) is 66.2 Å². The zero-order valence-corrected chi connectivity index (χ0v) is 20.9. The predicted molar refractivity (Wildman–Crippen MR) is 121 cm³/mol. The summed E-state index contributed by atoms with van der Waals surface area (Å²) >= 11 is 0.407. The molecule has 0 bridgehead atoms. The van der Waals surface area contributed by atoms with Crippen molar-refractivity contribution in [1.82, 2.24) is 0 Å². The van der Waals surface area contributed by atoms with Crippen LogP contribution in [-0.4, -0.2) is 51.5 Å². The van der Waals surface area contributed by atoms with Crippen LogP contribution >= 0.6 is 11.8 Å². The number of alkyl halides is 3. The molecule has 9 heteroatoms. The molecule has 9 atom stereocenters. The smallest absolute Gasteiger partial charge is 0.306 e. The van der Waals surface area contributed by atoms with Gasteiger partial charge in [-0.05, 0) is 55.0 Å². The number of thioether (sulfide) groups is 1. The molecule has 0 amide bonds. The standard InChI is InChI=1S/C25H33F3O5S/c1-5-20(31)33-25(21(32)34-12-26)13(2)8-15-16-10-18(27)17-9-14(29)6-7-22(17,3)24(16,28)19(30)11-23(15,25)4/h9,13,15-16,18-19,30H,5-8,10-12H2,1-4H3. The van der Waals surface area contributed by atoms with Crippen molar-refractivity contribution in [2.24, 2.45) is 28.6 Å². The fourth-order valence-corrected chi connectivity index (χ4v) is 8.77. The number of fused-ring (bicyclic) bond motifs is 5. The number of esters is 1. The van der Waals surface area contributed by atoms with E-state index in [0.29, 0.717) is 11.8 Å². The van der Waals surface area contributed by atoms with Gasteiger partial charge in [-0.25, -0.2) is 13.2 Å². The minimum Gasteiger partial charge on any atom is -0.449 e. The lowest BCUT2D eigenvalue weighted by atomic mass is 9.43. The summed E-state index contributed by atoms with van der Waals surface area (Å²) in [7, 11) is 0. The zero-order chi connectivity index (χ0) is 25.3. The molecule has 3 saturated carbocycles. The van der Waals surface area contributed by atoms with Gasteiger partial charge in [0.1, 0.15) is 17.8 Å². The Morgan fingerprint density at radius 3 is 2.56 bits per heavy atom. The van der Waals surface area contributed by atoms with Crippen LogP contribution in [-0.2, 0) is 19.1 Å². The van der Waals surface area contributed by atoms with Gasteiger partial charge in [-0.2, -0.15) is 0 Å². The Balaban J connectivity index is 1.86. The van der Waals surface area contributed by atoms with E-state index in [-0.39, 0.29) is 49.9 Å². The van der Waals surface area contributed by atoms with Crippen molar-refractivity contribution in [2.45, 2.75) is 89.8 Å². The normalized spacial score (nSPS) is 47.8. The maximum atomic E-state index is 17.3. The molecular formula is C25H33F3O5S. The van der Waals surface area contributed by atoms with Crippen LogP contribution in [0.2, 0.25) is 0 Å². The first-order valence-corrected chi connectivity index (χ1v) is 13.0. The highest BCUT2D eigenvalue weighted by atomic mass is 32.2. The van der Waals surface area contributed by atoms with E-state index in [2.05, 4.69) is 0 Å². The van der Waals surface area contributed by atoms with Crippen LogP contribution in [0.25, 0.3) is 0 Å². The highest BCUT2D eigenvalue weighted by Gasteiger charge is 2.78. The number of ether oxygens (including phenoxy) is 1. The number of carbonyl (C=O) groups excluding carboxylic acids is 3. The van der Waals surface area contributed by atoms with Crippen molar-refractivity contribution in [2.75, 3.05) is 6.01 Å². The van der Waals surface area contributed by atoms with E-state index < -0.39 is 69.2 Å². The zero-order valence-electron chi connectivity index (χ0n) is 20.0. The first-order chi connectivity index (χ1) is 15.8. The summed E-state index contributed by atoms with van der Waals surface area (Å²) in [4.78, 5) is 37.9. The molecule has 3 fully saturated rings. The van der Waals surface area contributed by atoms with E-state index in [1.54, 1.807) is 27.7 Å². The van der Waals surface area contributed by atoms with E-state index in [4.69, 9.17) is 4.74 Å². The number of aliphatic hydroxyl groups is 1. The fraction of sp³-hybridized carbons (Fsp3) is 0.800. The third kappa shape index (κ3) is 3.07. The van der Waals surface area contributed by atoms with Crippen LogP contribution < -0.4 is 0 Å². The lowest BCUT2D eigenvalue weighted by molar-refractivity contribution is -0.236. The summed E-state index contributed by atoms with van der Waals surface area (Å²) in [5, 5.41) is 10.8. The fourth-order valence-electron chi connectivity index (χ4n) is 7.98. The van der Waals surface area contributed by atoms with Crippen LogP contribution in [0.4, 0.5) is 13.2 Å². The van der Waals surface area contributed by atoms with E-state index in [9.17, 15) is 23.9 Å². The molecule has 4 rings (SSSR count). The van der Waals surface area contributed by atoms with Crippen LogP contribution in [0.3, 0.4) is 0 Å². The summed E-state index contributed by atoms with van der Waals surface area (Å²) in [5.41, 5.74) is -6.44. The highest BCUT2D eigenvalue weighted by Crippen LogP contribution is 2.72. The maximum Gasteiger partial charge on any atom is 0.306 e. The molecule has 34 heavy (non-hydrogen) atoms. The Bertz CT molecular complexity index is 942. The Morgan fingerprint density at radius 2 is 1.94 bits per heavy atom. The van der Waals surface area contributed by atoms with Crippen LogP contribution in [0, 0.1) is 28.6 Å². The minimum absolute atomic E-state index is 0.00533. The summed E-state index contributed by atoms with van der Waals surface area (Å²) < 4.78 is 51.9. The second kappa shape index (κ2) is 8.36. The highest BCUT2D eigenvalue weighted by molar-refractivity contribution is 8.13. The molecule has 190 valence electrons. The number of aliphatic hydroxyl groups excluding tert-OH is 1. The average molecular weight is 503 g/mol. The van der Waals surface area contributed by atoms with Gasteiger partial charge in [0.2, 0.25) is 5.12 Å². The van der Waals surface area contributed by atoms with Gasteiger partial charge in [0, 0.05) is 35.5 Å². The van der Waals surface area contributed by atoms with Gasteiger partial charge in [-0.15, -0.1) is 0 Å². The van der Waals surface area contributed by atoms with Crippen LogP contribution in [0.5, 0.6) is 0 Å². The predicted octanol–water partition coefficient (Wildman–Crippen LogP) is 4.65. The van der Waals surface area contributed by atoms with E-state index in [0.717, 1.165) is 0 Å². The Morgan fingerprint density at radius 1 is 1.26 bits per heavy atom. The molecule has 0 aliphatic heterocycles. The quantitative estimate of drug-likeness (QED) is 0.564. The van der Waals surface area contributed by atoms with Gasteiger partial charge >= 0.3 is 5.97 Å². The molecule has 0 spiro atoms. The molecule has 0 aromatic rings. The summed E-state index contributed by atoms with van der Waals surface area (Å²) in [5.74, 6) is -3.00. The van der Waals surface area contributed by atoms with Crippen molar-refractivity contribution in [3.63, 3.8) is 0 Å². The molecular weight excluding hydrogens is 469 g/mol. The molecule has 0 heterocycles. The van der Waals surface area contributed by atoms with E-state index in [1.807, 2.05) is 0 Å². The molecule has 4 aliphatic carbocycles. The van der Waals surface area contributed by atoms with Gasteiger partial charge in [0.25, 0.3) is 0 Å².